The minimum atomic E-state index is -3.83. The summed E-state index contributed by atoms with van der Waals surface area (Å²) in [5.74, 6) is -1.20. The Kier molecular flexibility index (Phi) is 2.77. The summed E-state index contributed by atoms with van der Waals surface area (Å²) in [6.45, 7) is 1.87. The Bertz CT molecular complexity index is 646. The van der Waals surface area contributed by atoms with Gasteiger partial charge in [0.15, 0.2) is 14.6 Å². The molecule has 2 aliphatic carbocycles. The SMILES string of the molecule is Cc1ccc(S(=O)(=O)C2(C(=O)O)CC3(CCC3)C2)cc1. The summed E-state index contributed by atoms with van der Waals surface area (Å²) < 4.78 is 23.9. The first-order valence-corrected chi connectivity index (χ1v) is 8.35. The Morgan fingerprint density at radius 2 is 1.70 bits per heavy atom. The van der Waals surface area contributed by atoms with Gasteiger partial charge in [-0.2, -0.15) is 0 Å². The largest absolute Gasteiger partial charge is 0.480 e. The molecule has 3 rings (SSSR count). The molecule has 2 fully saturated rings. The number of benzene rings is 1. The Balaban J connectivity index is 2.00. The molecule has 0 heterocycles. The minimum Gasteiger partial charge on any atom is -0.480 e. The Morgan fingerprint density at radius 3 is 2.10 bits per heavy atom. The van der Waals surface area contributed by atoms with Crippen LogP contribution in [-0.2, 0) is 14.6 Å². The van der Waals surface area contributed by atoms with Gasteiger partial charge in [-0.05, 0) is 50.2 Å². The summed E-state index contributed by atoms with van der Waals surface area (Å²) in [6.07, 6.45) is 3.55. The van der Waals surface area contributed by atoms with E-state index >= 15 is 0 Å². The quantitative estimate of drug-likeness (QED) is 0.930. The third-order valence-electron chi connectivity index (χ3n) is 4.97. The molecular weight excluding hydrogens is 276 g/mol. The molecule has 0 aliphatic heterocycles. The van der Waals surface area contributed by atoms with Crippen LogP contribution in [0.1, 0.15) is 37.7 Å². The van der Waals surface area contributed by atoms with Gasteiger partial charge in [0, 0.05) is 0 Å². The van der Waals surface area contributed by atoms with Crippen LogP contribution in [0.25, 0.3) is 0 Å². The summed E-state index contributed by atoms with van der Waals surface area (Å²) in [6, 6.07) is 6.45. The lowest BCUT2D eigenvalue weighted by Gasteiger charge is -2.58. The summed E-state index contributed by atoms with van der Waals surface area (Å²) in [7, 11) is -3.83. The van der Waals surface area contributed by atoms with Gasteiger partial charge < -0.3 is 5.11 Å². The number of sulfone groups is 1. The maximum atomic E-state index is 12.7. The van der Waals surface area contributed by atoms with E-state index in [1.165, 1.54) is 12.1 Å². The van der Waals surface area contributed by atoms with Gasteiger partial charge in [0.25, 0.3) is 0 Å². The highest BCUT2D eigenvalue weighted by Crippen LogP contribution is 2.63. The number of carboxylic acids is 1. The maximum Gasteiger partial charge on any atom is 0.325 e. The molecule has 4 nitrogen and oxygen atoms in total. The second-order valence-corrected chi connectivity index (χ2v) is 8.58. The molecule has 0 radical (unpaired) electrons. The van der Waals surface area contributed by atoms with E-state index in [4.69, 9.17) is 0 Å². The minimum absolute atomic E-state index is 0.0177. The molecule has 0 saturated heterocycles. The van der Waals surface area contributed by atoms with Crippen molar-refractivity contribution < 1.29 is 18.3 Å². The zero-order valence-electron chi connectivity index (χ0n) is 11.4. The van der Waals surface area contributed by atoms with Gasteiger partial charge in [-0.25, -0.2) is 8.42 Å². The first kappa shape index (κ1) is 13.6. The molecule has 0 aromatic heterocycles. The number of rotatable bonds is 3. The molecule has 5 heteroatoms. The predicted octanol–water partition coefficient (Wildman–Crippen LogP) is 2.56. The van der Waals surface area contributed by atoms with E-state index in [2.05, 4.69) is 0 Å². The van der Waals surface area contributed by atoms with Crippen LogP contribution in [0.15, 0.2) is 29.2 Å². The molecule has 2 aliphatic rings. The number of hydrogen-bond acceptors (Lipinski definition) is 3. The van der Waals surface area contributed by atoms with Gasteiger partial charge in [-0.3, -0.25) is 4.79 Å². The Hall–Kier alpha value is -1.36. The second-order valence-electron chi connectivity index (χ2n) is 6.32. The molecule has 0 atom stereocenters. The van der Waals surface area contributed by atoms with Crippen LogP contribution in [0.4, 0.5) is 0 Å². The lowest BCUT2D eigenvalue weighted by atomic mass is 9.51. The van der Waals surface area contributed by atoms with Crippen LogP contribution in [0.2, 0.25) is 0 Å². The number of aryl methyl sites for hydroxylation is 1. The van der Waals surface area contributed by atoms with E-state index in [0.29, 0.717) is 0 Å². The summed E-state index contributed by atoms with van der Waals surface area (Å²) in [4.78, 5) is 11.8. The fourth-order valence-corrected chi connectivity index (χ4v) is 5.76. The molecule has 0 unspecified atom stereocenters. The summed E-state index contributed by atoms with van der Waals surface area (Å²) in [5, 5.41) is 9.51. The number of carbonyl (C=O) groups is 1. The Morgan fingerprint density at radius 1 is 1.15 bits per heavy atom. The number of carboxylic acid groups (broad SMARTS) is 1. The van der Waals surface area contributed by atoms with E-state index in [0.717, 1.165) is 24.8 Å². The van der Waals surface area contributed by atoms with E-state index in [9.17, 15) is 18.3 Å². The van der Waals surface area contributed by atoms with Crippen molar-refractivity contribution >= 4 is 15.8 Å². The maximum absolute atomic E-state index is 12.7. The van der Waals surface area contributed by atoms with Crippen LogP contribution in [0.3, 0.4) is 0 Å². The van der Waals surface area contributed by atoms with Crippen molar-refractivity contribution in [3.05, 3.63) is 29.8 Å². The normalized spacial score (nSPS) is 22.9. The van der Waals surface area contributed by atoms with Crippen molar-refractivity contribution in [2.45, 2.75) is 48.7 Å². The smallest absolute Gasteiger partial charge is 0.325 e. The Labute approximate surface area is 118 Å². The lowest BCUT2D eigenvalue weighted by molar-refractivity contribution is -0.150. The van der Waals surface area contributed by atoms with Gasteiger partial charge in [0.1, 0.15) is 0 Å². The molecule has 1 N–H and O–H groups in total. The molecule has 0 bridgehead atoms. The monoisotopic (exact) mass is 294 g/mol. The van der Waals surface area contributed by atoms with Gasteiger partial charge in [-0.15, -0.1) is 0 Å². The molecule has 2 saturated carbocycles. The highest BCUT2D eigenvalue weighted by molar-refractivity contribution is 7.93. The van der Waals surface area contributed by atoms with Crippen LogP contribution < -0.4 is 0 Å². The third-order valence-corrected chi connectivity index (χ3v) is 7.36. The first-order valence-electron chi connectivity index (χ1n) is 6.86. The van der Waals surface area contributed by atoms with E-state index in [1.54, 1.807) is 12.1 Å². The van der Waals surface area contributed by atoms with Crippen LogP contribution in [-0.4, -0.2) is 24.2 Å². The summed E-state index contributed by atoms with van der Waals surface area (Å²) in [5.41, 5.74) is 0.938. The second kappa shape index (κ2) is 4.07. The van der Waals surface area contributed by atoms with Gasteiger partial charge in [-0.1, -0.05) is 24.1 Å². The average molecular weight is 294 g/mol. The van der Waals surface area contributed by atoms with E-state index < -0.39 is 20.6 Å². The standard InChI is InChI=1S/C15H18O4S/c1-11-3-5-12(6-4-11)20(18,19)15(13(16)17)9-14(10-15)7-2-8-14/h3-6H,2,7-10H2,1H3,(H,16,17). The van der Waals surface area contributed by atoms with Crippen LogP contribution in [0.5, 0.6) is 0 Å². The molecule has 0 amide bonds. The van der Waals surface area contributed by atoms with E-state index in [1.807, 2.05) is 6.92 Å². The van der Waals surface area contributed by atoms with Crippen molar-refractivity contribution in [3.63, 3.8) is 0 Å². The number of aliphatic carboxylic acids is 1. The summed E-state index contributed by atoms with van der Waals surface area (Å²) >= 11 is 0. The number of hydrogen-bond donors (Lipinski definition) is 1. The van der Waals surface area contributed by atoms with Gasteiger partial charge >= 0.3 is 5.97 Å². The van der Waals surface area contributed by atoms with Gasteiger partial charge in [0.05, 0.1) is 4.90 Å². The lowest BCUT2D eigenvalue weighted by Crippen LogP contribution is -2.63. The van der Waals surface area contributed by atoms with Crippen molar-refractivity contribution in [1.29, 1.82) is 0 Å². The predicted molar refractivity (Wildman–Crippen MR) is 74.2 cm³/mol. The first-order chi connectivity index (χ1) is 9.31. The van der Waals surface area contributed by atoms with Gasteiger partial charge in [0.2, 0.25) is 0 Å². The molecule has 20 heavy (non-hydrogen) atoms. The topological polar surface area (TPSA) is 71.4 Å². The highest BCUT2D eigenvalue weighted by Gasteiger charge is 2.67. The highest BCUT2D eigenvalue weighted by atomic mass is 32.2. The van der Waals surface area contributed by atoms with Crippen molar-refractivity contribution in [3.8, 4) is 0 Å². The van der Waals surface area contributed by atoms with Crippen molar-refractivity contribution in [2.75, 3.05) is 0 Å². The zero-order chi connectivity index (χ0) is 14.6. The zero-order valence-corrected chi connectivity index (χ0v) is 12.2. The third kappa shape index (κ3) is 1.65. The van der Waals surface area contributed by atoms with Crippen LogP contribution in [0, 0.1) is 12.3 Å². The van der Waals surface area contributed by atoms with Crippen molar-refractivity contribution in [1.82, 2.24) is 0 Å². The molecule has 1 aromatic rings. The fraction of sp³-hybridized carbons (Fsp3) is 0.533. The average Bonchev–Trinajstić information content (AvgIpc) is 2.25. The van der Waals surface area contributed by atoms with E-state index in [-0.39, 0.29) is 23.2 Å². The molecule has 1 spiro atoms. The fourth-order valence-electron chi connectivity index (χ4n) is 3.59. The molecule has 108 valence electrons. The molecule has 1 aromatic carbocycles. The molecular formula is C15H18O4S. The van der Waals surface area contributed by atoms with Crippen molar-refractivity contribution in [2.24, 2.45) is 5.41 Å². The van der Waals surface area contributed by atoms with Crippen LogP contribution >= 0.6 is 0 Å².